The van der Waals surface area contributed by atoms with Crippen LogP contribution in [0.15, 0.2) is 18.2 Å². The van der Waals surface area contributed by atoms with E-state index < -0.39 is 0 Å². The predicted octanol–water partition coefficient (Wildman–Crippen LogP) is 3.13. The van der Waals surface area contributed by atoms with Gasteiger partial charge >= 0.3 is 0 Å². The van der Waals surface area contributed by atoms with E-state index in [0.29, 0.717) is 23.8 Å². The second-order valence-electron chi connectivity index (χ2n) is 4.92. The van der Waals surface area contributed by atoms with Crippen molar-refractivity contribution in [2.24, 2.45) is 5.41 Å². The number of rotatable bonds is 6. The van der Waals surface area contributed by atoms with Crippen molar-refractivity contribution in [3.63, 3.8) is 0 Å². The smallest absolute Gasteiger partial charge is 0.137 e. The number of ether oxygens (including phenoxy) is 1. The second-order valence-corrected chi connectivity index (χ2v) is 5.33. The van der Waals surface area contributed by atoms with Crippen molar-refractivity contribution in [3.8, 4) is 11.8 Å². The highest BCUT2D eigenvalue weighted by atomic mass is 35.5. The van der Waals surface area contributed by atoms with Crippen molar-refractivity contribution < 1.29 is 4.74 Å². The van der Waals surface area contributed by atoms with Gasteiger partial charge in [-0.2, -0.15) is 5.26 Å². The number of nitrogens with one attached hydrogen (secondary N) is 1. The Bertz CT molecular complexity index is 463. The Balaban J connectivity index is 1.96. The van der Waals surface area contributed by atoms with Gasteiger partial charge in [0.2, 0.25) is 0 Å². The summed E-state index contributed by atoms with van der Waals surface area (Å²) in [6.07, 6.45) is 2.73. The van der Waals surface area contributed by atoms with Crippen molar-refractivity contribution in [1.29, 1.82) is 5.26 Å². The molecule has 1 saturated carbocycles. The number of halogens is 1. The number of hydrogen-bond donors (Lipinski definition) is 1. The van der Waals surface area contributed by atoms with E-state index in [1.165, 1.54) is 0 Å². The SMILES string of the molecule is CNCc1ccc(OCC2(CC#N)CC2)c(Cl)c1. The zero-order valence-electron chi connectivity index (χ0n) is 10.5. The van der Waals surface area contributed by atoms with E-state index in [4.69, 9.17) is 21.6 Å². The lowest BCUT2D eigenvalue weighted by Gasteiger charge is -2.14. The average Bonchev–Trinajstić information content (AvgIpc) is 3.09. The summed E-state index contributed by atoms with van der Waals surface area (Å²) in [5.74, 6) is 0.709. The molecule has 1 aliphatic rings. The standard InChI is InChI=1S/C14H17ClN2O/c1-17-9-11-2-3-13(12(15)8-11)18-10-14(4-5-14)6-7-16/h2-3,8,17H,4-6,9-10H2,1H3. The van der Waals surface area contributed by atoms with E-state index in [1.54, 1.807) is 0 Å². The summed E-state index contributed by atoms with van der Waals surface area (Å²) in [6.45, 7) is 1.38. The lowest BCUT2D eigenvalue weighted by Crippen LogP contribution is -2.12. The largest absolute Gasteiger partial charge is 0.491 e. The molecule has 96 valence electrons. The van der Waals surface area contributed by atoms with Gasteiger partial charge in [0.1, 0.15) is 5.75 Å². The van der Waals surface area contributed by atoms with Crippen LogP contribution in [-0.2, 0) is 6.54 Å². The van der Waals surface area contributed by atoms with Crippen LogP contribution in [0.25, 0.3) is 0 Å². The molecule has 0 heterocycles. The summed E-state index contributed by atoms with van der Waals surface area (Å²) < 4.78 is 5.75. The van der Waals surface area contributed by atoms with Crippen molar-refractivity contribution in [1.82, 2.24) is 5.32 Å². The highest BCUT2D eigenvalue weighted by Crippen LogP contribution is 2.49. The van der Waals surface area contributed by atoms with Gasteiger partial charge in [-0.15, -0.1) is 0 Å². The number of benzene rings is 1. The van der Waals surface area contributed by atoms with Crippen LogP contribution < -0.4 is 10.1 Å². The van der Waals surface area contributed by atoms with Crippen LogP contribution in [0, 0.1) is 16.7 Å². The summed E-state index contributed by atoms with van der Waals surface area (Å²) in [4.78, 5) is 0. The first-order chi connectivity index (χ1) is 8.69. The molecule has 2 rings (SSSR count). The molecule has 18 heavy (non-hydrogen) atoms. The predicted molar refractivity (Wildman–Crippen MR) is 71.6 cm³/mol. The minimum absolute atomic E-state index is 0.0850. The summed E-state index contributed by atoms with van der Waals surface area (Å²) in [7, 11) is 1.90. The van der Waals surface area contributed by atoms with Gasteiger partial charge in [-0.05, 0) is 37.6 Å². The Morgan fingerprint density at radius 1 is 1.50 bits per heavy atom. The van der Waals surface area contributed by atoms with Gasteiger partial charge < -0.3 is 10.1 Å². The minimum atomic E-state index is 0.0850. The average molecular weight is 265 g/mol. The third-order valence-electron chi connectivity index (χ3n) is 3.32. The van der Waals surface area contributed by atoms with E-state index in [-0.39, 0.29) is 5.41 Å². The van der Waals surface area contributed by atoms with E-state index in [0.717, 1.165) is 24.9 Å². The maximum atomic E-state index is 8.75. The number of hydrogen-bond acceptors (Lipinski definition) is 3. The molecule has 0 radical (unpaired) electrons. The molecule has 3 nitrogen and oxygen atoms in total. The van der Waals surface area contributed by atoms with Crippen molar-refractivity contribution in [3.05, 3.63) is 28.8 Å². The molecule has 0 atom stereocenters. The van der Waals surface area contributed by atoms with E-state index in [2.05, 4.69) is 11.4 Å². The van der Waals surface area contributed by atoms with Crippen LogP contribution in [-0.4, -0.2) is 13.7 Å². The highest BCUT2D eigenvalue weighted by molar-refractivity contribution is 6.32. The fraction of sp³-hybridized carbons (Fsp3) is 0.500. The molecule has 0 unspecified atom stereocenters. The molecule has 1 aromatic rings. The maximum Gasteiger partial charge on any atom is 0.137 e. The maximum absolute atomic E-state index is 8.75. The Morgan fingerprint density at radius 3 is 2.83 bits per heavy atom. The Kier molecular flexibility index (Phi) is 4.11. The van der Waals surface area contributed by atoms with Gasteiger partial charge in [-0.1, -0.05) is 17.7 Å². The second kappa shape index (κ2) is 5.60. The van der Waals surface area contributed by atoms with Crippen molar-refractivity contribution >= 4 is 11.6 Å². The molecule has 1 N–H and O–H groups in total. The van der Waals surface area contributed by atoms with Crippen molar-refractivity contribution in [2.75, 3.05) is 13.7 Å². The Morgan fingerprint density at radius 2 is 2.28 bits per heavy atom. The van der Waals surface area contributed by atoms with Gasteiger partial charge in [-0.25, -0.2) is 0 Å². The lowest BCUT2D eigenvalue weighted by molar-refractivity contribution is 0.237. The molecule has 4 heteroatoms. The fourth-order valence-corrected chi connectivity index (χ4v) is 2.18. The lowest BCUT2D eigenvalue weighted by atomic mass is 10.1. The molecule has 1 aliphatic carbocycles. The zero-order valence-corrected chi connectivity index (χ0v) is 11.3. The van der Waals surface area contributed by atoms with Gasteiger partial charge in [0.25, 0.3) is 0 Å². The molecule has 0 spiro atoms. The molecule has 0 aliphatic heterocycles. The molecule has 0 aromatic heterocycles. The Labute approximate surface area is 113 Å². The first-order valence-corrected chi connectivity index (χ1v) is 6.50. The van der Waals surface area contributed by atoms with E-state index in [9.17, 15) is 0 Å². The molecule has 0 saturated heterocycles. The van der Waals surface area contributed by atoms with Gasteiger partial charge in [0.15, 0.2) is 0 Å². The van der Waals surface area contributed by atoms with Crippen LogP contribution in [0.4, 0.5) is 0 Å². The van der Waals surface area contributed by atoms with Crippen LogP contribution in [0.5, 0.6) is 5.75 Å². The van der Waals surface area contributed by atoms with Crippen LogP contribution in [0.1, 0.15) is 24.8 Å². The monoisotopic (exact) mass is 264 g/mol. The topological polar surface area (TPSA) is 45.0 Å². The van der Waals surface area contributed by atoms with Crippen LogP contribution >= 0.6 is 11.6 Å². The molecule has 1 aromatic carbocycles. The highest BCUT2D eigenvalue weighted by Gasteiger charge is 2.43. The molecule has 0 amide bonds. The first kappa shape index (κ1) is 13.2. The normalized spacial score (nSPS) is 16.1. The fourth-order valence-electron chi connectivity index (χ4n) is 1.92. The number of nitriles is 1. The zero-order chi connectivity index (χ0) is 13.0. The van der Waals surface area contributed by atoms with E-state index in [1.807, 2.05) is 25.2 Å². The summed E-state index contributed by atoms with van der Waals surface area (Å²) in [5, 5.41) is 12.5. The summed E-state index contributed by atoms with van der Waals surface area (Å²) >= 11 is 6.17. The van der Waals surface area contributed by atoms with Crippen LogP contribution in [0.3, 0.4) is 0 Å². The third kappa shape index (κ3) is 3.16. The Hall–Kier alpha value is -1.24. The van der Waals surface area contributed by atoms with Crippen LogP contribution in [0.2, 0.25) is 5.02 Å². The minimum Gasteiger partial charge on any atom is -0.491 e. The van der Waals surface area contributed by atoms with Crippen molar-refractivity contribution in [2.45, 2.75) is 25.8 Å². The van der Waals surface area contributed by atoms with E-state index >= 15 is 0 Å². The molecular weight excluding hydrogens is 248 g/mol. The summed E-state index contributed by atoms with van der Waals surface area (Å²) in [5.41, 5.74) is 1.22. The number of nitrogens with zero attached hydrogens (tertiary/aromatic N) is 1. The van der Waals surface area contributed by atoms with Gasteiger partial charge in [0, 0.05) is 18.4 Å². The molecule has 0 bridgehead atoms. The molecular formula is C14H17ClN2O. The molecule has 1 fully saturated rings. The van der Waals surface area contributed by atoms with Gasteiger partial charge in [-0.3, -0.25) is 0 Å². The quantitative estimate of drug-likeness (QED) is 0.859. The third-order valence-corrected chi connectivity index (χ3v) is 3.62. The summed E-state index contributed by atoms with van der Waals surface area (Å²) in [6, 6.07) is 8.04. The van der Waals surface area contributed by atoms with Gasteiger partial charge in [0.05, 0.1) is 17.7 Å². The first-order valence-electron chi connectivity index (χ1n) is 6.12.